The first kappa shape index (κ1) is 109. The largest absolute Gasteiger partial charge is 0.512 e. The number of aryl methyl sites for hydroxylation is 7. The van der Waals surface area contributed by atoms with E-state index < -0.39 is 0 Å². The molecule has 4 N–H and O–H groups in total. The molecule has 8 aromatic heterocycles. The molecule has 700 valence electrons. The van der Waals surface area contributed by atoms with Crippen LogP contribution in [0.5, 0.6) is 0 Å². The fourth-order valence-corrected chi connectivity index (χ4v) is 14.2. The Morgan fingerprint density at radius 2 is 0.618 bits per heavy atom. The number of hydrogen-bond acceptors (Lipinski definition) is 16. The van der Waals surface area contributed by atoms with Gasteiger partial charge in [-0.25, -0.2) is 4.39 Å². The van der Waals surface area contributed by atoms with E-state index in [-0.39, 0.29) is 132 Å². The quantitative estimate of drug-likeness (QED) is 0.0448. The van der Waals surface area contributed by atoms with E-state index in [1.807, 2.05) is 177 Å². The van der Waals surface area contributed by atoms with Crippen LogP contribution in [-0.2, 0) is 99.6 Å². The van der Waals surface area contributed by atoms with Crippen LogP contribution < -0.4 is 0 Å². The first-order valence-corrected chi connectivity index (χ1v) is 42.5. The molecule has 0 spiro atoms. The smallest absolute Gasteiger partial charge is 0.155 e. The summed E-state index contributed by atoms with van der Waals surface area (Å²) in [6, 6.07) is 109. The maximum Gasteiger partial charge on any atom is 0.155 e. The van der Waals surface area contributed by atoms with E-state index in [4.69, 9.17) is 58.0 Å². The van der Waals surface area contributed by atoms with Crippen molar-refractivity contribution < 1.29 is 142 Å². The van der Waals surface area contributed by atoms with E-state index in [9.17, 15) is 23.6 Å². The van der Waals surface area contributed by atoms with Gasteiger partial charge < -0.3 is 38.1 Å². The molecule has 8 heterocycles. The molecule has 0 unspecified atom stereocenters. The monoisotopic (exact) mass is 2520 g/mol. The van der Waals surface area contributed by atoms with Crippen molar-refractivity contribution in [1.29, 1.82) is 0 Å². The van der Waals surface area contributed by atoms with Gasteiger partial charge in [0.25, 0.3) is 0 Å². The SMILES string of the molecule is CC(=O)C=C(C)O.CC(=O)C=C(C)O.CC(=O)C=C(C)O.CC(=O)C=C(C)O.Cc1[c-]c(-c2ccc3oc(-c4ccc(F)cc4)cc3n2)cc(C)c1.Cc1[c-]c(-c2ccc3oc(-c4ccccc4)c(-c4ccccc4)c3n2)cc(C)c1.Cc1[c-]c(-c2ccc3oc(-c4ccccc4)c(C)c3n2)cc(C)c1.[Ir].[Ir].[Ir].[Ir].[c-]1ccc(-c2ccccc2)cc1-c1ccc2oc(-c3ccccc3)cc2n1. The number of hydrogen-bond donors (Lipinski definition) is 4. The average molecular weight is 2520 g/mol. The number of pyridine rings is 4. The summed E-state index contributed by atoms with van der Waals surface area (Å²) in [4.78, 5) is 59.4. The molecule has 18 aromatic rings. The second-order valence-corrected chi connectivity index (χ2v) is 31.5. The van der Waals surface area contributed by atoms with Crippen molar-refractivity contribution in [1.82, 2.24) is 19.9 Å². The zero-order chi connectivity index (χ0) is 94.7. The van der Waals surface area contributed by atoms with Crippen molar-refractivity contribution in [2.75, 3.05) is 0 Å². The van der Waals surface area contributed by atoms with Crippen LogP contribution in [0.25, 0.3) is 157 Å². The molecule has 0 aliphatic rings. The molecule has 18 rings (SSSR count). The number of aliphatic hydroxyl groups is 4. The van der Waals surface area contributed by atoms with E-state index in [1.165, 1.54) is 114 Å². The summed E-state index contributed by atoms with van der Waals surface area (Å²) >= 11 is 0. The Hall–Kier alpha value is -13.7. The number of furan rings is 4. The number of fused-ring (bicyclic) bond motifs is 4. The summed E-state index contributed by atoms with van der Waals surface area (Å²) in [5, 5.41) is 33.5. The van der Waals surface area contributed by atoms with Gasteiger partial charge in [0.15, 0.2) is 45.5 Å². The number of ketones is 4. The van der Waals surface area contributed by atoms with Crippen molar-refractivity contribution >= 4 is 67.5 Å². The summed E-state index contributed by atoms with van der Waals surface area (Å²) in [6.07, 6.45) is 4.67. The number of halogens is 1. The van der Waals surface area contributed by atoms with Crippen LogP contribution in [0.4, 0.5) is 4.39 Å². The van der Waals surface area contributed by atoms with Crippen LogP contribution >= 0.6 is 0 Å². The maximum atomic E-state index is 13.1. The number of carbonyl (C=O) groups is 4. The van der Waals surface area contributed by atoms with Crippen LogP contribution in [0.15, 0.2) is 356 Å². The Kier molecular flexibility index (Phi) is 42.5. The van der Waals surface area contributed by atoms with Crippen LogP contribution in [0, 0.1) is 78.5 Å². The minimum Gasteiger partial charge on any atom is -0.512 e. The van der Waals surface area contributed by atoms with Crippen molar-refractivity contribution in [3.8, 4) is 113 Å². The Labute approximate surface area is 846 Å². The van der Waals surface area contributed by atoms with Crippen LogP contribution in [-0.4, -0.2) is 63.5 Å². The second kappa shape index (κ2) is 52.8. The minimum absolute atomic E-state index is 0. The van der Waals surface area contributed by atoms with Crippen molar-refractivity contribution in [3.63, 3.8) is 0 Å². The summed E-state index contributed by atoms with van der Waals surface area (Å²) in [7, 11) is 0. The molecule has 0 atom stereocenters. The number of rotatable bonds is 14. The Bertz CT molecular complexity index is 7020. The molecule has 0 aliphatic carbocycles. The first-order chi connectivity index (χ1) is 63.3. The van der Waals surface area contributed by atoms with Crippen LogP contribution in [0.1, 0.15) is 94.3 Å². The van der Waals surface area contributed by atoms with Gasteiger partial charge in [0.2, 0.25) is 0 Å². The molecule has 0 aliphatic heterocycles. The van der Waals surface area contributed by atoms with Crippen LogP contribution in [0.2, 0.25) is 0 Å². The number of nitrogens with zero attached hydrogens (tertiary/aromatic N) is 4. The van der Waals surface area contributed by atoms with E-state index in [0.29, 0.717) is 11.3 Å². The Balaban J connectivity index is 0.000000224. The molecule has 10 aromatic carbocycles. The molecule has 0 saturated carbocycles. The first-order valence-electron chi connectivity index (χ1n) is 42.5. The fourth-order valence-electron chi connectivity index (χ4n) is 14.2. The van der Waals surface area contributed by atoms with Gasteiger partial charge in [-0.3, -0.25) is 39.1 Å². The van der Waals surface area contributed by atoms with Gasteiger partial charge in [0, 0.05) is 145 Å². The number of benzene rings is 10. The third-order valence-electron chi connectivity index (χ3n) is 19.5. The summed E-state index contributed by atoms with van der Waals surface area (Å²) in [5.41, 5.74) is 30.6. The number of carbonyl (C=O) groups excluding carboxylic acids is 4. The normalized spacial score (nSPS) is 10.8. The molecule has 16 nitrogen and oxygen atoms in total. The predicted molar refractivity (Wildman–Crippen MR) is 527 cm³/mol. The molecule has 0 fully saturated rings. The molecule has 0 saturated heterocycles. The second-order valence-electron chi connectivity index (χ2n) is 31.5. The van der Waals surface area contributed by atoms with Crippen molar-refractivity contribution in [2.45, 2.75) is 104 Å². The average Bonchev–Trinajstić information content (AvgIpc) is 1.61. The van der Waals surface area contributed by atoms with Gasteiger partial charge in [-0.2, -0.15) is 0 Å². The van der Waals surface area contributed by atoms with E-state index in [2.05, 4.69) is 163 Å². The molecule has 21 heteroatoms. The third-order valence-corrected chi connectivity index (χ3v) is 19.5. The zero-order valence-electron chi connectivity index (χ0n) is 77.6. The van der Waals surface area contributed by atoms with Crippen molar-refractivity contribution in [2.24, 2.45) is 0 Å². The standard InChI is InChI=1S/C27H20NO.C25H16NO.C22H18NO.C21H15FNO.4C5H8O2.4Ir/c1-18-15-19(2)17-22(16-18)23-13-14-24-26(28-23)25(20-9-5-3-6-10-20)27(29-24)21-11-7-4-8-12-21;1-3-8-18(9-4-1)20-12-7-13-21(16-20)22-14-15-24-23(26-22)17-25(27-24)19-10-5-2-6-11-19;1-14-11-15(2)13-18(12-14)19-9-10-20-21(23-19)16(3)22(24-20)17-7-5-4-6-8-17;1-13-9-14(2)11-16(10-13)18-7-8-20-19(23-18)12-21(24-20)15-3-5-17(22)6-4-15;4*1-4(6)3-5(2)7;;;;/h3-16H,1-2H3;1-12,14-17H;4-12H,1-3H3;3-10,12H,1-2H3;4*3,6H,1-2H3;;;;/q4*-1;;;;;;;;. The van der Waals surface area contributed by atoms with E-state index in [1.54, 1.807) is 12.1 Å². The molecule has 0 bridgehead atoms. The van der Waals surface area contributed by atoms with E-state index in [0.717, 1.165) is 162 Å². The maximum absolute atomic E-state index is 13.1. The topological polar surface area (TPSA) is 253 Å². The van der Waals surface area contributed by atoms with Gasteiger partial charge in [-0.1, -0.05) is 217 Å². The molecule has 0 amide bonds. The number of aromatic nitrogens is 4. The molecular formula is C115H101FIr4N4O12-4. The van der Waals surface area contributed by atoms with E-state index >= 15 is 0 Å². The van der Waals surface area contributed by atoms with Gasteiger partial charge in [0.1, 0.15) is 39.9 Å². The molecular weight excluding hydrogens is 2420 g/mol. The number of aliphatic hydroxyl groups excluding tert-OH is 4. The predicted octanol–water partition coefficient (Wildman–Crippen LogP) is 29.6. The van der Waals surface area contributed by atoms with Crippen LogP contribution in [0.3, 0.4) is 0 Å². The molecule has 136 heavy (non-hydrogen) atoms. The Morgan fingerprint density at radius 1 is 0.301 bits per heavy atom. The Morgan fingerprint density at radius 3 is 0.985 bits per heavy atom. The summed E-state index contributed by atoms with van der Waals surface area (Å²) in [6.45, 7) is 25.9. The van der Waals surface area contributed by atoms with Crippen molar-refractivity contribution in [3.05, 3.63) is 408 Å². The third kappa shape index (κ3) is 32.3. The van der Waals surface area contributed by atoms with Gasteiger partial charge >= 0.3 is 0 Å². The summed E-state index contributed by atoms with van der Waals surface area (Å²) in [5.74, 6) is 2.73. The van der Waals surface area contributed by atoms with Gasteiger partial charge in [-0.05, 0) is 145 Å². The summed E-state index contributed by atoms with van der Waals surface area (Å²) < 4.78 is 37.2. The van der Waals surface area contributed by atoms with Gasteiger partial charge in [-0.15, -0.1) is 140 Å². The fraction of sp³-hybridized carbons (Fsp3) is 0.130. The van der Waals surface area contributed by atoms with Gasteiger partial charge in [0.05, 0.1) is 39.6 Å². The number of allylic oxidation sites excluding steroid dienone is 8. The molecule has 4 radical (unpaired) electrons. The minimum atomic E-state index is -0.263. The zero-order valence-corrected chi connectivity index (χ0v) is 87.2.